The number of H-pyrrole nitrogens is 1. The lowest BCUT2D eigenvalue weighted by molar-refractivity contribution is 0.631. The van der Waals surface area contributed by atoms with E-state index in [4.69, 9.17) is 0 Å². The molecule has 0 unspecified atom stereocenters. The predicted molar refractivity (Wildman–Crippen MR) is 57.4 cm³/mol. The average molecular weight is 190 g/mol. The van der Waals surface area contributed by atoms with Gasteiger partial charge in [0.05, 0.1) is 0 Å². The third-order valence-corrected chi connectivity index (χ3v) is 3.68. The zero-order valence-corrected chi connectivity index (χ0v) is 8.60. The second-order valence-corrected chi connectivity index (χ2v) is 4.64. The van der Waals surface area contributed by atoms with Crippen molar-refractivity contribution in [2.24, 2.45) is 0 Å². The van der Waals surface area contributed by atoms with E-state index in [0.29, 0.717) is 0 Å². The molecule has 2 heterocycles. The predicted octanol–water partition coefficient (Wildman–Crippen LogP) is 2.32. The molecule has 0 amide bonds. The molecule has 1 aliphatic heterocycles. The number of nitrogens with one attached hydrogen (secondary N) is 2. The van der Waals surface area contributed by atoms with Gasteiger partial charge in [0.1, 0.15) is 0 Å². The zero-order valence-electron chi connectivity index (χ0n) is 8.60. The Hall–Kier alpha value is -0.760. The van der Waals surface area contributed by atoms with E-state index in [1.54, 1.807) is 5.56 Å². The monoisotopic (exact) mass is 190 g/mol. The van der Waals surface area contributed by atoms with Gasteiger partial charge in [0.2, 0.25) is 0 Å². The Balaban J connectivity index is 1.87. The molecule has 3 rings (SSSR count). The molecule has 2 N–H and O–H groups in total. The van der Waals surface area contributed by atoms with Gasteiger partial charge < -0.3 is 10.3 Å². The minimum atomic E-state index is 0.834. The van der Waals surface area contributed by atoms with Crippen LogP contribution in [-0.2, 0) is 13.0 Å². The maximum Gasteiger partial charge on any atom is 0.0360 e. The van der Waals surface area contributed by atoms with Crippen LogP contribution in [0, 0.1) is 0 Å². The van der Waals surface area contributed by atoms with Gasteiger partial charge in [-0.15, -0.1) is 0 Å². The van der Waals surface area contributed by atoms with Crippen molar-refractivity contribution in [1.82, 2.24) is 10.3 Å². The van der Waals surface area contributed by atoms with Crippen molar-refractivity contribution in [2.45, 2.75) is 44.6 Å². The summed E-state index contributed by atoms with van der Waals surface area (Å²) >= 11 is 0. The highest BCUT2D eigenvalue weighted by Gasteiger charge is 2.21. The highest BCUT2D eigenvalue weighted by Crippen LogP contribution is 2.34. The lowest BCUT2D eigenvalue weighted by Crippen LogP contribution is -2.22. The molecule has 1 aliphatic carbocycles. The van der Waals surface area contributed by atoms with E-state index in [1.807, 2.05) is 0 Å². The minimum Gasteiger partial charge on any atom is -0.361 e. The van der Waals surface area contributed by atoms with Crippen LogP contribution in [0.4, 0.5) is 0 Å². The summed E-state index contributed by atoms with van der Waals surface area (Å²) in [6, 6.07) is 2.42. The molecule has 2 heteroatoms. The minimum absolute atomic E-state index is 0.834. The summed E-state index contributed by atoms with van der Waals surface area (Å²) < 4.78 is 0. The summed E-state index contributed by atoms with van der Waals surface area (Å²) in [4.78, 5) is 3.61. The molecular formula is C12H18N2. The van der Waals surface area contributed by atoms with Crippen molar-refractivity contribution in [2.75, 3.05) is 6.54 Å². The molecule has 0 atom stereocenters. The lowest BCUT2D eigenvalue weighted by Gasteiger charge is -2.11. The smallest absolute Gasteiger partial charge is 0.0360 e. The van der Waals surface area contributed by atoms with E-state index in [1.165, 1.54) is 43.5 Å². The molecule has 1 aromatic heterocycles. The number of aromatic nitrogens is 1. The lowest BCUT2D eigenvalue weighted by atomic mass is 10.0. The third kappa shape index (κ3) is 1.38. The highest BCUT2D eigenvalue weighted by atomic mass is 14.9. The number of aromatic amines is 1. The van der Waals surface area contributed by atoms with E-state index in [2.05, 4.69) is 16.4 Å². The number of hydrogen-bond donors (Lipinski definition) is 2. The Kier molecular flexibility index (Phi) is 2.09. The van der Waals surface area contributed by atoms with Crippen molar-refractivity contribution >= 4 is 0 Å². The molecule has 1 aromatic rings. The van der Waals surface area contributed by atoms with Crippen LogP contribution in [0.15, 0.2) is 6.07 Å². The number of hydrogen-bond acceptors (Lipinski definition) is 1. The molecular weight excluding hydrogens is 172 g/mol. The Morgan fingerprint density at radius 3 is 2.86 bits per heavy atom. The van der Waals surface area contributed by atoms with Crippen LogP contribution in [-0.4, -0.2) is 11.5 Å². The third-order valence-electron chi connectivity index (χ3n) is 3.68. The summed E-state index contributed by atoms with van der Waals surface area (Å²) in [5.41, 5.74) is 4.51. The fourth-order valence-corrected chi connectivity index (χ4v) is 2.84. The summed E-state index contributed by atoms with van der Waals surface area (Å²) in [6.45, 7) is 2.19. The average Bonchev–Trinajstić information content (AvgIpc) is 2.86. The normalized spacial score (nSPS) is 22.6. The molecule has 76 valence electrons. The van der Waals surface area contributed by atoms with Gasteiger partial charge in [-0.25, -0.2) is 0 Å². The number of rotatable bonds is 1. The first-order valence-corrected chi connectivity index (χ1v) is 5.85. The van der Waals surface area contributed by atoms with E-state index < -0.39 is 0 Å². The van der Waals surface area contributed by atoms with Gasteiger partial charge in [-0.2, -0.15) is 0 Å². The van der Waals surface area contributed by atoms with Crippen LogP contribution in [0.3, 0.4) is 0 Å². The maximum atomic E-state index is 3.61. The summed E-state index contributed by atoms with van der Waals surface area (Å²) in [6.07, 6.45) is 6.84. The Labute approximate surface area is 85.1 Å². The van der Waals surface area contributed by atoms with Crippen molar-refractivity contribution in [1.29, 1.82) is 0 Å². The van der Waals surface area contributed by atoms with Crippen molar-refractivity contribution in [3.63, 3.8) is 0 Å². The SMILES string of the molecule is c1c(C2CCCC2)[nH]c2c1CCNC2. The van der Waals surface area contributed by atoms with E-state index in [0.717, 1.165) is 19.0 Å². The molecule has 0 spiro atoms. The van der Waals surface area contributed by atoms with E-state index in [-0.39, 0.29) is 0 Å². The molecule has 0 bridgehead atoms. The van der Waals surface area contributed by atoms with Crippen LogP contribution < -0.4 is 5.32 Å². The Morgan fingerprint density at radius 2 is 2.07 bits per heavy atom. The maximum absolute atomic E-state index is 3.61. The van der Waals surface area contributed by atoms with Crippen molar-refractivity contribution in [3.05, 3.63) is 23.0 Å². The van der Waals surface area contributed by atoms with Crippen LogP contribution in [0.1, 0.15) is 48.6 Å². The van der Waals surface area contributed by atoms with Gasteiger partial charge in [0, 0.05) is 17.9 Å². The Bertz CT molecular complexity index is 298. The van der Waals surface area contributed by atoms with E-state index >= 15 is 0 Å². The fraction of sp³-hybridized carbons (Fsp3) is 0.667. The summed E-state index contributed by atoms with van der Waals surface area (Å²) in [5, 5.41) is 3.41. The topological polar surface area (TPSA) is 27.8 Å². The first kappa shape index (κ1) is 8.54. The quantitative estimate of drug-likeness (QED) is 0.699. The standard InChI is InChI=1S/C12H18N2/c1-2-4-9(3-1)11-7-10-5-6-13-8-12(10)14-11/h7,9,13-14H,1-6,8H2. The second kappa shape index (κ2) is 3.43. The van der Waals surface area contributed by atoms with E-state index in [9.17, 15) is 0 Å². The molecule has 0 radical (unpaired) electrons. The molecule has 2 aliphatic rings. The largest absolute Gasteiger partial charge is 0.361 e. The molecule has 14 heavy (non-hydrogen) atoms. The second-order valence-electron chi connectivity index (χ2n) is 4.64. The van der Waals surface area contributed by atoms with Gasteiger partial charge in [-0.05, 0) is 43.4 Å². The van der Waals surface area contributed by atoms with Gasteiger partial charge in [0.15, 0.2) is 0 Å². The van der Waals surface area contributed by atoms with Gasteiger partial charge in [0.25, 0.3) is 0 Å². The molecule has 2 nitrogen and oxygen atoms in total. The van der Waals surface area contributed by atoms with Crippen LogP contribution in [0.25, 0.3) is 0 Å². The summed E-state index contributed by atoms with van der Waals surface area (Å²) in [5.74, 6) is 0.834. The molecule has 1 saturated carbocycles. The van der Waals surface area contributed by atoms with Gasteiger partial charge in [-0.1, -0.05) is 12.8 Å². The van der Waals surface area contributed by atoms with Gasteiger partial charge >= 0.3 is 0 Å². The highest BCUT2D eigenvalue weighted by molar-refractivity contribution is 5.30. The molecule has 0 aromatic carbocycles. The first-order valence-electron chi connectivity index (χ1n) is 5.85. The summed E-state index contributed by atoms with van der Waals surface area (Å²) in [7, 11) is 0. The Morgan fingerprint density at radius 1 is 1.21 bits per heavy atom. The number of fused-ring (bicyclic) bond motifs is 1. The zero-order chi connectivity index (χ0) is 9.38. The molecule has 0 saturated heterocycles. The van der Waals surface area contributed by atoms with Gasteiger partial charge in [-0.3, -0.25) is 0 Å². The van der Waals surface area contributed by atoms with Crippen LogP contribution in [0.5, 0.6) is 0 Å². The fourth-order valence-electron chi connectivity index (χ4n) is 2.84. The van der Waals surface area contributed by atoms with Crippen LogP contribution >= 0.6 is 0 Å². The van der Waals surface area contributed by atoms with Crippen molar-refractivity contribution in [3.8, 4) is 0 Å². The first-order chi connectivity index (χ1) is 6.93. The molecule has 1 fully saturated rings. The van der Waals surface area contributed by atoms with Crippen molar-refractivity contribution < 1.29 is 0 Å². The van der Waals surface area contributed by atoms with Crippen LogP contribution in [0.2, 0.25) is 0 Å².